The summed E-state index contributed by atoms with van der Waals surface area (Å²) >= 11 is 7.65. The van der Waals surface area contributed by atoms with Gasteiger partial charge in [0.05, 0.1) is 0 Å². The smallest absolute Gasteiger partial charge is 0.317 e. The summed E-state index contributed by atoms with van der Waals surface area (Å²) in [5.74, 6) is 0. The van der Waals surface area contributed by atoms with E-state index in [-0.39, 0.29) is 6.03 Å². The second-order valence-corrected chi connectivity index (χ2v) is 5.95. The summed E-state index contributed by atoms with van der Waals surface area (Å²) in [5.41, 5.74) is 1.06. The largest absolute Gasteiger partial charge is 0.334 e. The highest BCUT2D eigenvalue weighted by Gasteiger charge is 2.25. The summed E-state index contributed by atoms with van der Waals surface area (Å²) in [5, 5.41) is 4.24. The van der Waals surface area contributed by atoms with Crippen LogP contribution in [0.4, 0.5) is 4.79 Å². The fourth-order valence-corrected chi connectivity index (χ4v) is 2.79. The van der Waals surface area contributed by atoms with Crippen LogP contribution in [-0.2, 0) is 6.54 Å². The molecule has 1 aliphatic rings. The van der Waals surface area contributed by atoms with Crippen molar-refractivity contribution in [3.63, 3.8) is 0 Å². The second kappa shape index (κ2) is 6.34. The van der Waals surface area contributed by atoms with Crippen LogP contribution in [0.25, 0.3) is 0 Å². The van der Waals surface area contributed by atoms with Crippen molar-refractivity contribution in [2.24, 2.45) is 0 Å². The molecule has 1 atom stereocenters. The lowest BCUT2D eigenvalue weighted by atomic mass is 10.2. The van der Waals surface area contributed by atoms with E-state index >= 15 is 0 Å². The number of nitrogens with one attached hydrogen (secondary N) is 1. The first-order valence-electron chi connectivity index (χ1n) is 5.99. The fourth-order valence-electron chi connectivity index (χ4n) is 2.00. The zero-order chi connectivity index (χ0) is 13.0. The highest BCUT2D eigenvalue weighted by Crippen LogP contribution is 2.20. The lowest BCUT2D eigenvalue weighted by Gasteiger charge is -2.17. The number of carbonyl (C=O) groups excluding carboxylic acids is 1. The van der Waals surface area contributed by atoms with Crippen LogP contribution in [0.1, 0.15) is 12.0 Å². The maximum atomic E-state index is 11.9. The fraction of sp³-hybridized carbons (Fsp3) is 0.462. The molecule has 1 heterocycles. The summed E-state index contributed by atoms with van der Waals surface area (Å²) in [6, 6.07) is 7.56. The molecule has 1 aliphatic heterocycles. The molecule has 1 aromatic carbocycles. The van der Waals surface area contributed by atoms with E-state index in [9.17, 15) is 4.79 Å². The summed E-state index contributed by atoms with van der Waals surface area (Å²) in [7, 11) is 0. The molecular formula is C13H17ClN2OS. The van der Waals surface area contributed by atoms with E-state index in [4.69, 9.17) is 11.6 Å². The van der Waals surface area contributed by atoms with Crippen LogP contribution in [0.15, 0.2) is 24.3 Å². The molecule has 0 saturated carbocycles. The van der Waals surface area contributed by atoms with Gasteiger partial charge in [0.15, 0.2) is 0 Å². The predicted molar refractivity (Wildman–Crippen MR) is 77.2 cm³/mol. The molecule has 0 aliphatic carbocycles. The van der Waals surface area contributed by atoms with Crippen LogP contribution in [-0.4, -0.2) is 35.5 Å². The number of carbonyl (C=O) groups is 1. The van der Waals surface area contributed by atoms with E-state index in [1.54, 1.807) is 0 Å². The Bertz CT molecular complexity index is 410. The molecule has 0 unspecified atom stereocenters. The molecule has 18 heavy (non-hydrogen) atoms. The third kappa shape index (κ3) is 3.56. The Labute approximate surface area is 117 Å². The highest BCUT2D eigenvalue weighted by molar-refractivity contribution is 7.99. The lowest BCUT2D eigenvalue weighted by molar-refractivity contribution is 0.208. The maximum Gasteiger partial charge on any atom is 0.317 e. The molecule has 0 radical (unpaired) electrons. The first-order valence-corrected chi connectivity index (χ1v) is 7.65. The molecule has 0 spiro atoms. The van der Waals surface area contributed by atoms with Gasteiger partial charge in [0, 0.05) is 29.9 Å². The van der Waals surface area contributed by atoms with Crippen molar-refractivity contribution in [3.8, 4) is 0 Å². The van der Waals surface area contributed by atoms with E-state index in [0.717, 1.165) is 25.1 Å². The average molecular weight is 285 g/mol. The quantitative estimate of drug-likeness (QED) is 0.925. The predicted octanol–water partition coefficient (Wildman–Crippen LogP) is 2.99. The molecule has 3 nitrogen and oxygen atoms in total. The Morgan fingerprint density at radius 3 is 2.83 bits per heavy atom. The number of likely N-dealkylation sites (tertiary alicyclic amines) is 1. The number of hydrogen-bond donors (Lipinski definition) is 1. The number of nitrogens with zero attached hydrogens (tertiary/aromatic N) is 1. The van der Waals surface area contributed by atoms with Gasteiger partial charge >= 0.3 is 6.03 Å². The van der Waals surface area contributed by atoms with E-state index in [1.165, 1.54) is 0 Å². The van der Waals surface area contributed by atoms with Gasteiger partial charge in [-0.25, -0.2) is 4.79 Å². The van der Waals surface area contributed by atoms with Crippen molar-refractivity contribution in [1.29, 1.82) is 0 Å². The van der Waals surface area contributed by atoms with Crippen molar-refractivity contribution in [3.05, 3.63) is 34.9 Å². The van der Waals surface area contributed by atoms with Gasteiger partial charge in [0.1, 0.15) is 0 Å². The molecule has 2 rings (SSSR count). The van der Waals surface area contributed by atoms with Gasteiger partial charge in [0.25, 0.3) is 0 Å². The number of rotatable bonds is 3. The minimum atomic E-state index is 0.0292. The number of amides is 2. The van der Waals surface area contributed by atoms with Crippen molar-refractivity contribution in [2.75, 3.05) is 19.3 Å². The van der Waals surface area contributed by atoms with Gasteiger partial charge < -0.3 is 10.2 Å². The maximum absolute atomic E-state index is 11.9. The standard InChI is InChI=1S/C13H17ClN2OS/c1-18-12-6-7-16(9-12)13(17)15-8-10-2-4-11(14)5-3-10/h2-5,12H,6-9H2,1H3,(H,15,17)/t12-/m0/s1. The van der Waals surface area contributed by atoms with Crippen LogP contribution < -0.4 is 5.32 Å². The van der Waals surface area contributed by atoms with Gasteiger partial charge in [-0.15, -0.1) is 0 Å². The normalized spacial score (nSPS) is 19.0. The summed E-state index contributed by atoms with van der Waals surface area (Å²) in [6.45, 7) is 2.27. The molecule has 1 fully saturated rings. The Morgan fingerprint density at radius 2 is 2.22 bits per heavy atom. The Hall–Kier alpha value is -0.870. The van der Waals surface area contributed by atoms with Crippen molar-refractivity contribution < 1.29 is 4.79 Å². The van der Waals surface area contributed by atoms with Crippen LogP contribution in [0.3, 0.4) is 0 Å². The number of benzene rings is 1. The first-order chi connectivity index (χ1) is 8.69. The van der Waals surface area contributed by atoms with Crippen LogP contribution in [0.2, 0.25) is 5.02 Å². The highest BCUT2D eigenvalue weighted by atomic mass is 35.5. The summed E-state index contributed by atoms with van der Waals surface area (Å²) in [4.78, 5) is 13.8. The molecule has 1 aromatic rings. The lowest BCUT2D eigenvalue weighted by Crippen LogP contribution is -2.38. The van der Waals surface area contributed by atoms with Crippen molar-refractivity contribution >= 4 is 29.4 Å². The third-order valence-corrected chi connectivity index (χ3v) is 4.43. The molecule has 0 aromatic heterocycles. The Kier molecular flexibility index (Phi) is 4.78. The molecule has 5 heteroatoms. The van der Waals surface area contributed by atoms with Crippen molar-refractivity contribution in [2.45, 2.75) is 18.2 Å². The monoisotopic (exact) mass is 284 g/mol. The minimum absolute atomic E-state index is 0.0292. The van der Waals surface area contributed by atoms with Gasteiger partial charge in [-0.3, -0.25) is 0 Å². The van der Waals surface area contributed by atoms with Crippen LogP contribution >= 0.6 is 23.4 Å². The van der Waals surface area contributed by atoms with Crippen LogP contribution in [0.5, 0.6) is 0 Å². The minimum Gasteiger partial charge on any atom is -0.334 e. The topological polar surface area (TPSA) is 32.3 Å². The molecular weight excluding hydrogens is 268 g/mol. The number of thioether (sulfide) groups is 1. The van der Waals surface area contributed by atoms with Gasteiger partial charge in [-0.2, -0.15) is 11.8 Å². The van der Waals surface area contributed by atoms with Gasteiger partial charge in [0.2, 0.25) is 0 Å². The summed E-state index contributed by atoms with van der Waals surface area (Å²) in [6.07, 6.45) is 3.19. The first kappa shape index (κ1) is 13.6. The molecule has 2 amide bonds. The van der Waals surface area contributed by atoms with E-state index < -0.39 is 0 Å². The van der Waals surface area contributed by atoms with E-state index in [1.807, 2.05) is 40.9 Å². The zero-order valence-corrected chi connectivity index (χ0v) is 11.9. The number of halogens is 1. The van der Waals surface area contributed by atoms with E-state index in [0.29, 0.717) is 16.8 Å². The summed E-state index contributed by atoms with van der Waals surface area (Å²) < 4.78 is 0. The van der Waals surface area contributed by atoms with Crippen molar-refractivity contribution in [1.82, 2.24) is 10.2 Å². The Morgan fingerprint density at radius 1 is 1.50 bits per heavy atom. The molecule has 98 valence electrons. The van der Waals surface area contributed by atoms with Gasteiger partial charge in [-0.1, -0.05) is 23.7 Å². The van der Waals surface area contributed by atoms with Gasteiger partial charge in [-0.05, 0) is 30.4 Å². The molecule has 1 N–H and O–H groups in total. The second-order valence-electron chi connectivity index (χ2n) is 4.38. The Balaban J connectivity index is 1.80. The van der Waals surface area contributed by atoms with Crippen LogP contribution in [0, 0.1) is 0 Å². The zero-order valence-electron chi connectivity index (χ0n) is 10.4. The SMILES string of the molecule is CS[C@H]1CCN(C(=O)NCc2ccc(Cl)cc2)C1. The third-order valence-electron chi connectivity index (χ3n) is 3.12. The molecule has 0 bridgehead atoms. The number of hydrogen-bond acceptors (Lipinski definition) is 2. The number of urea groups is 1. The van der Waals surface area contributed by atoms with E-state index in [2.05, 4.69) is 11.6 Å². The average Bonchev–Trinajstić information content (AvgIpc) is 2.86. The molecule has 1 saturated heterocycles.